The number of hydrogen-bond acceptors (Lipinski definition) is 4. The maximum atomic E-state index is 12.9. The van der Waals surface area contributed by atoms with Gasteiger partial charge in [-0.2, -0.15) is 18.3 Å². The van der Waals surface area contributed by atoms with Crippen molar-refractivity contribution in [3.05, 3.63) is 59.7 Å². The van der Waals surface area contributed by atoms with Gasteiger partial charge in [0.05, 0.1) is 21.9 Å². The highest BCUT2D eigenvalue weighted by molar-refractivity contribution is 7.89. The fourth-order valence-corrected chi connectivity index (χ4v) is 2.76. The molecule has 2 rings (SSSR count). The van der Waals surface area contributed by atoms with E-state index in [2.05, 4.69) is 15.2 Å². The smallest absolute Gasteiger partial charge is 0.278 e. The summed E-state index contributed by atoms with van der Waals surface area (Å²) in [5, 5.41) is 3.95. The Hall–Kier alpha value is -2.39. The highest BCUT2D eigenvalue weighted by atomic mass is 32.2. The minimum Gasteiger partial charge on any atom is -0.278 e. The van der Waals surface area contributed by atoms with Crippen molar-refractivity contribution in [2.75, 3.05) is 12.5 Å². The lowest BCUT2D eigenvalue weighted by Crippen LogP contribution is -2.18. The summed E-state index contributed by atoms with van der Waals surface area (Å²) in [4.78, 5) is 0.0851. The topological polar surface area (TPSA) is 70.6 Å². The van der Waals surface area contributed by atoms with E-state index in [0.29, 0.717) is 11.3 Å². The molecule has 25 heavy (non-hydrogen) atoms. The van der Waals surface area contributed by atoms with Crippen molar-refractivity contribution in [2.24, 2.45) is 5.10 Å². The number of sulfonamides is 1. The zero-order valence-electron chi connectivity index (χ0n) is 13.4. The summed E-state index contributed by atoms with van der Waals surface area (Å²) >= 11 is 0. The molecule has 0 fully saturated rings. The molecule has 0 atom stereocenters. The Morgan fingerprint density at radius 2 is 1.64 bits per heavy atom. The molecule has 0 heterocycles. The number of nitrogens with zero attached hydrogens (tertiary/aromatic N) is 1. The van der Waals surface area contributed by atoms with Crippen molar-refractivity contribution in [3.8, 4) is 0 Å². The van der Waals surface area contributed by atoms with E-state index in [4.69, 9.17) is 0 Å². The van der Waals surface area contributed by atoms with Crippen LogP contribution in [0.4, 0.5) is 18.9 Å². The minimum absolute atomic E-state index is 0.0851. The molecule has 0 aromatic heterocycles. The van der Waals surface area contributed by atoms with Crippen LogP contribution < -0.4 is 10.1 Å². The van der Waals surface area contributed by atoms with Crippen LogP contribution in [0.3, 0.4) is 0 Å². The molecule has 2 N–H and O–H groups in total. The van der Waals surface area contributed by atoms with Crippen LogP contribution in [0.2, 0.25) is 0 Å². The summed E-state index contributed by atoms with van der Waals surface area (Å²) in [6.45, 7) is 1.60. The monoisotopic (exact) mass is 371 g/mol. The molecule has 0 radical (unpaired) electrons. The van der Waals surface area contributed by atoms with Gasteiger partial charge >= 0.3 is 6.18 Å². The first-order valence-electron chi connectivity index (χ1n) is 7.15. The van der Waals surface area contributed by atoms with E-state index >= 15 is 0 Å². The third-order valence-electron chi connectivity index (χ3n) is 3.43. The van der Waals surface area contributed by atoms with Gasteiger partial charge in [-0.25, -0.2) is 13.1 Å². The number of hydrogen-bond donors (Lipinski definition) is 2. The highest BCUT2D eigenvalue weighted by Gasteiger charge is 2.33. The largest absolute Gasteiger partial charge is 0.418 e. The quantitative estimate of drug-likeness (QED) is 0.625. The summed E-state index contributed by atoms with van der Waals surface area (Å²) in [7, 11) is -2.24. The van der Waals surface area contributed by atoms with Crippen molar-refractivity contribution >= 4 is 21.4 Å². The van der Waals surface area contributed by atoms with Gasteiger partial charge in [0.2, 0.25) is 10.0 Å². The molecule has 2 aromatic carbocycles. The van der Waals surface area contributed by atoms with E-state index in [1.165, 1.54) is 49.5 Å². The van der Waals surface area contributed by atoms with Gasteiger partial charge in [-0.3, -0.25) is 5.43 Å². The predicted molar refractivity (Wildman–Crippen MR) is 90.0 cm³/mol. The fourth-order valence-electron chi connectivity index (χ4n) is 2.03. The number of halogens is 3. The zero-order chi connectivity index (χ0) is 18.7. The first kappa shape index (κ1) is 18.9. The van der Waals surface area contributed by atoms with E-state index in [0.717, 1.165) is 6.07 Å². The Bertz CT molecular complexity index is 876. The van der Waals surface area contributed by atoms with Crippen LogP contribution in [-0.4, -0.2) is 21.2 Å². The Labute approximate surface area is 143 Å². The Morgan fingerprint density at radius 1 is 1.04 bits per heavy atom. The second-order valence-corrected chi connectivity index (χ2v) is 6.97. The lowest BCUT2D eigenvalue weighted by atomic mass is 10.1. The minimum atomic E-state index is -4.49. The van der Waals surface area contributed by atoms with Gasteiger partial charge in [0.1, 0.15) is 0 Å². The molecule has 0 saturated heterocycles. The number of alkyl halides is 3. The van der Waals surface area contributed by atoms with Crippen LogP contribution in [0.25, 0.3) is 0 Å². The van der Waals surface area contributed by atoms with Crippen molar-refractivity contribution in [3.63, 3.8) is 0 Å². The summed E-state index contributed by atoms with van der Waals surface area (Å²) in [6, 6.07) is 10.9. The maximum Gasteiger partial charge on any atom is 0.418 e. The van der Waals surface area contributed by atoms with E-state index in [1.54, 1.807) is 6.92 Å². The van der Waals surface area contributed by atoms with Gasteiger partial charge in [0.25, 0.3) is 0 Å². The number of rotatable bonds is 5. The third-order valence-corrected chi connectivity index (χ3v) is 4.86. The first-order valence-corrected chi connectivity index (χ1v) is 8.64. The van der Waals surface area contributed by atoms with Crippen LogP contribution in [0.5, 0.6) is 0 Å². The van der Waals surface area contributed by atoms with Gasteiger partial charge < -0.3 is 0 Å². The summed E-state index contributed by atoms with van der Waals surface area (Å²) in [5.41, 5.74) is 2.41. The molecule has 0 bridgehead atoms. The molecule has 5 nitrogen and oxygen atoms in total. The molecular formula is C16H16F3N3O2S. The average Bonchev–Trinajstić information content (AvgIpc) is 2.59. The van der Waals surface area contributed by atoms with Gasteiger partial charge in [0.15, 0.2) is 0 Å². The zero-order valence-corrected chi connectivity index (χ0v) is 14.2. The number of anilines is 1. The summed E-state index contributed by atoms with van der Waals surface area (Å²) < 4.78 is 64.3. The third kappa shape index (κ3) is 4.58. The number of para-hydroxylation sites is 1. The van der Waals surface area contributed by atoms with Crippen LogP contribution >= 0.6 is 0 Å². The van der Waals surface area contributed by atoms with Crippen LogP contribution in [0.1, 0.15) is 18.1 Å². The lowest BCUT2D eigenvalue weighted by molar-refractivity contribution is -0.136. The molecule has 0 aliphatic carbocycles. The average molecular weight is 371 g/mol. The molecule has 0 saturated carbocycles. The highest BCUT2D eigenvalue weighted by Crippen LogP contribution is 2.34. The first-order chi connectivity index (χ1) is 11.6. The molecule has 2 aromatic rings. The second-order valence-electron chi connectivity index (χ2n) is 5.08. The molecule has 134 valence electrons. The molecule has 0 amide bonds. The molecule has 0 aliphatic rings. The van der Waals surface area contributed by atoms with Crippen LogP contribution in [-0.2, 0) is 16.2 Å². The maximum absolute atomic E-state index is 12.9. The Balaban J connectivity index is 2.24. The number of nitrogens with one attached hydrogen (secondary N) is 2. The second kappa shape index (κ2) is 7.24. The molecule has 0 spiro atoms. The SMILES string of the molecule is CNS(=O)(=O)c1ccc(/C(C)=N/Nc2ccccc2C(F)(F)F)cc1. The van der Waals surface area contributed by atoms with Crippen molar-refractivity contribution in [2.45, 2.75) is 18.0 Å². The van der Waals surface area contributed by atoms with E-state index in [-0.39, 0.29) is 10.6 Å². The van der Waals surface area contributed by atoms with Crippen molar-refractivity contribution in [1.82, 2.24) is 4.72 Å². The van der Waals surface area contributed by atoms with Gasteiger partial charge in [0, 0.05) is 0 Å². The fraction of sp³-hybridized carbons (Fsp3) is 0.188. The number of hydrazone groups is 1. The summed E-state index contributed by atoms with van der Waals surface area (Å²) in [6.07, 6.45) is -4.49. The van der Waals surface area contributed by atoms with Gasteiger partial charge in [-0.05, 0) is 43.8 Å². The van der Waals surface area contributed by atoms with Gasteiger partial charge in [-0.1, -0.05) is 24.3 Å². The normalized spacial score (nSPS) is 12.9. The van der Waals surface area contributed by atoms with Crippen molar-refractivity contribution < 1.29 is 21.6 Å². The van der Waals surface area contributed by atoms with E-state index < -0.39 is 21.8 Å². The lowest BCUT2D eigenvalue weighted by Gasteiger charge is -2.12. The van der Waals surface area contributed by atoms with E-state index in [9.17, 15) is 21.6 Å². The number of benzene rings is 2. The predicted octanol–water partition coefficient (Wildman–Crippen LogP) is 3.45. The standard InChI is InChI=1S/C16H16F3N3O2S/c1-11(12-7-9-13(10-8-12)25(23,24)20-2)21-22-15-6-4-3-5-14(15)16(17,18)19/h3-10,20,22H,1-2H3/b21-11+. The van der Waals surface area contributed by atoms with Gasteiger partial charge in [-0.15, -0.1) is 0 Å². The van der Waals surface area contributed by atoms with E-state index in [1.807, 2.05) is 0 Å². The Kier molecular flexibility index (Phi) is 5.48. The Morgan fingerprint density at radius 3 is 2.20 bits per heavy atom. The van der Waals surface area contributed by atoms with Crippen LogP contribution in [0, 0.1) is 0 Å². The molecule has 0 unspecified atom stereocenters. The molecule has 0 aliphatic heterocycles. The molecular weight excluding hydrogens is 355 g/mol. The van der Waals surface area contributed by atoms with Crippen molar-refractivity contribution in [1.29, 1.82) is 0 Å². The summed E-state index contributed by atoms with van der Waals surface area (Å²) in [5.74, 6) is 0. The van der Waals surface area contributed by atoms with Crippen LogP contribution in [0.15, 0.2) is 58.5 Å². The molecule has 9 heteroatoms.